The van der Waals surface area contributed by atoms with Crippen molar-refractivity contribution in [3.63, 3.8) is 0 Å². The normalized spacial score (nSPS) is 23.6. The first kappa shape index (κ1) is 20.9. The van der Waals surface area contributed by atoms with Gasteiger partial charge in [-0.15, -0.1) is 6.42 Å². The lowest BCUT2D eigenvalue weighted by Crippen LogP contribution is -2.20. The van der Waals surface area contributed by atoms with E-state index in [0.29, 0.717) is 6.42 Å². The molecular weight excluding hydrogens is 330 g/mol. The number of hydrogen-bond acceptors (Lipinski definition) is 4. The molecule has 0 bridgehead atoms. The number of ether oxygens (including phenoxy) is 2. The molecule has 1 aliphatic rings. The summed E-state index contributed by atoms with van der Waals surface area (Å²) in [4.78, 5) is 23.8. The zero-order chi connectivity index (χ0) is 19.4. The van der Waals surface area contributed by atoms with Crippen LogP contribution in [-0.4, -0.2) is 24.1 Å². The molecule has 1 aliphatic carbocycles. The minimum absolute atomic E-state index is 0.408. The van der Waals surface area contributed by atoms with Crippen LogP contribution in [0.15, 0.2) is 23.8 Å². The Morgan fingerprint density at radius 3 is 2.36 bits per heavy atom. The average molecular weight is 354 g/mol. The van der Waals surface area contributed by atoms with Gasteiger partial charge in [0, 0.05) is 0 Å². The van der Waals surface area contributed by atoms with Crippen molar-refractivity contribution in [1.82, 2.24) is 0 Å². The van der Waals surface area contributed by atoms with Crippen molar-refractivity contribution in [2.24, 2.45) is 17.3 Å². The molecular formula is C19H24F2O4. The van der Waals surface area contributed by atoms with E-state index in [9.17, 15) is 18.4 Å². The van der Waals surface area contributed by atoms with E-state index in [1.54, 1.807) is 34.6 Å². The topological polar surface area (TPSA) is 52.6 Å². The van der Waals surface area contributed by atoms with Gasteiger partial charge in [0.1, 0.15) is 5.83 Å². The van der Waals surface area contributed by atoms with E-state index < -0.39 is 53.1 Å². The Bertz CT molecular complexity index is 626. The summed E-state index contributed by atoms with van der Waals surface area (Å²) < 4.78 is 37.5. The Balaban J connectivity index is 2.83. The van der Waals surface area contributed by atoms with E-state index in [0.717, 1.165) is 6.08 Å². The molecule has 138 valence electrons. The van der Waals surface area contributed by atoms with Gasteiger partial charge in [0.2, 0.25) is 11.9 Å². The molecule has 3 atom stereocenters. The first-order valence-corrected chi connectivity index (χ1v) is 8.16. The van der Waals surface area contributed by atoms with Crippen LogP contribution >= 0.6 is 0 Å². The van der Waals surface area contributed by atoms with Crippen LogP contribution in [0.5, 0.6) is 0 Å². The molecule has 0 aromatic carbocycles. The van der Waals surface area contributed by atoms with Gasteiger partial charge in [-0.25, -0.2) is 9.18 Å². The van der Waals surface area contributed by atoms with E-state index >= 15 is 0 Å². The van der Waals surface area contributed by atoms with E-state index in [-0.39, 0.29) is 0 Å². The van der Waals surface area contributed by atoms with Crippen molar-refractivity contribution in [1.29, 1.82) is 0 Å². The quantitative estimate of drug-likeness (QED) is 0.396. The molecule has 1 rings (SSSR count). The fraction of sp³-hybridized carbons (Fsp3) is 0.579. The molecule has 6 heteroatoms. The standard InChI is InChI=1S/C19H24F2O4/c1-7-9-13(20)15(8-2)25-18(23)16-12(19(16,5)6)10-14(21)17(22)24-11(3)4/h2,9-12,15-16H,7H2,1,3-6H3. The van der Waals surface area contributed by atoms with Gasteiger partial charge in [-0.05, 0) is 43.8 Å². The van der Waals surface area contributed by atoms with Crippen LogP contribution in [0.2, 0.25) is 0 Å². The van der Waals surface area contributed by atoms with Crippen molar-refractivity contribution < 1.29 is 27.8 Å². The first-order valence-electron chi connectivity index (χ1n) is 8.16. The van der Waals surface area contributed by atoms with E-state index in [4.69, 9.17) is 15.9 Å². The first-order chi connectivity index (χ1) is 11.6. The van der Waals surface area contributed by atoms with Crippen LogP contribution in [0, 0.1) is 29.6 Å². The van der Waals surface area contributed by atoms with Crippen LogP contribution in [0.3, 0.4) is 0 Å². The van der Waals surface area contributed by atoms with E-state index in [1.807, 2.05) is 0 Å². The second kappa shape index (κ2) is 8.28. The molecule has 0 aromatic heterocycles. The maximum Gasteiger partial charge on any atom is 0.367 e. The maximum atomic E-state index is 13.9. The van der Waals surface area contributed by atoms with Gasteiger partial charge in [-0.2, -0.15) is 4.39 Å². The van der Waals surface area contributed by atoms with Gasteiger partial charge in [0.05, 0.1) is 12.0 Å². The number of halogens is 2. The second-order valence-corrected chi connectivity index (χ2v) is 6.77. The predicted octanol–water partition coefficient (Wildman–Crippen LogP) is 3.87. The molecule has 1 fully saturated rings. The fourth-order valence-corrected chi connectivity index (χ4v) is 2.60. The lowest BCUT2D eigenvalue weighted by molar-refractivity contribution is -0.148. The summed E-state index contributed by atoms with van der Waals surface area (Å²) >= 11 is 0. The van der Waals surface area contributed by atoms with E-state index in [1.165, 1.54) is 6.08 Å². The maximum absolute atomic E-state index is 13.9. The average Bonchev–Trinajstić information content (AvgIpc) is 3.04. The van der Waals surface area contributed by atoms with Crippen LogP contribution in [0.25, 0.3) is 0 Å². The molecule has 25 heavy (non-hydrogen) atoms. The highest BCUT2D eigenvalue weighted by molar-refractivity contribution is 5.87. The zero-order valence-electron chi connectivity index (χ0n) is 15.1. The Morgan fingerprint density at radius 1 is 1.28 bits per heavy atom. The van der Waals surface area contributed by atoms with Gasteiger partial charge in [0.15, 0.2) is 0 Å². The Labute approximate surface area is 147 Å². The van der Waals surface area contributed by atoms with Crippen LogP contribution < -0.4 is 0 Å². The van der Waals surface area contributed by atoms with Crippen LogP contribution in [-0.2, 0) is 19.1 Å². The number of hydrogen-bond donors (Lipinski definition) is 0. The van der Waals surface area contributed by atoms with Gasteiger partial charge in [0.25, 0.3) is 0 Å². The van der Waals surface area contributed by atoms with Gasteiger partial charge in [-0.1, -0.05) is 26.7 Å². The monoisotopic (exact) mass is 354 g/mol. The smallest absolute Gasteiger partial charge is 0.367 e. The summed E-state index contributed by atoms with van der Waals surface area (Å²) in [5.74, 6) is -2.78. The van der Waals surface area contributed by atoms with Gasteiger partial charge >= 0.3 is 11.9 Å². The van der Waals surface area contributed by atoms with Crippen molar-refractivity contribution in [2.75, 3.05) is 0 Å². The molecule has 0 amide bonds. The van der Waals surface area contributed by atoms with Crippen molar-refractivity contribution >= 4 is 11.9 Å². The third-order valence-corrected chi connectivity index (χ3v) is 4.06. The minimum Gasteiger partial charge on any atom is -0.458 e. The second-order valence-electron chi connectivity index (χ2n) is 6.77. The van der Waals surface area contributed by atoms with E-state index in [2.05, 4.69) is 5.92 Å². The number of carbonyl (C=O) groups is 2. The molecule has 0 saturated heterocycles. The third-order valence-electron chi connectivity index (χ3n) is 4.06. The van der Waals surface area contributed by atoms with Crippen molar-refractivity contribution in [3.8, 4) is 12.3 Å². The number of esters is 2. The third kappa shape index (κ3) is 5.15. The predicted molar refractivity (Wildman–Crippen MR) is 89.4 cm³/mol. The Morgan fingerprint density at radius 2 is 1.88 bits per heavy atom. The summed E-state index contributed by atoms with van der Waals surface area (Å²) in [5, 5.41) is 0. The minimum atomic E-state index is -1.40. The molecule has 0 aromatic rings. The van der Waals surface area contributed by atoms with Crippen LogP contribution in [0.1, 0.15) is 41.0 Å². The summed E-state index contributed by atoms with van der Waals surface area (Å²) in [7, 11) is 0. The van der Waals surface area contributed by atoms with Crippen LogP contribution in [0.4, 0.5) is 8.78 Å². The number of terminal acetylenes is 1. The largest absolute Gasteiger partial charge is 0.458 e. The molecule has 0 spiro atoms. The number of carbonyl (C=O) groups excluding carboxylic acids is 2. The molecule has 0 aliphatic heterocycles. The summed E-state index contributed by atoms with van der Waals surface area (Å²) in [5.41, 5.74) is -0.628. The van der Waals surface area contributed by atoms with Crippen molar-refractivity contribution in [3.05, 3.63) is 23.8 Å². The highest BCUT2D eigenvalue weighted by Crippen LogP contribution is 2.60. The zero-order valence-corrected chi connectivity index (χ0v) is 15.1. The lowest BCUT2D eigenvalue weighted by Gasteiger charge is -2.11. The number of rotatable bonds is 7. The number of allylic oxidation sites excluding steroid dienone is 2. The summed E-state index contributed by atoms with van der Waals surface area (Å²) in [6.45, 7) is 8.38. The summed E-state index contributed by atoms with van der Waals surface area (Å²) in [6, 6.07) is 0. The van der Waals surface area contributed by atoms with Gasteiger partial charge in [-0.3, -0.25) is 4.79 Å². The molecule has 4 nitrogen and oxygen atoms in total. The molecule has 0 N–H and O–H groups in total. The highest BCUT2D eigenvalue weighted by atomic mass is 19.1. The highest BCUT2D eigenvalue weighted by Gasteiger charge is 2.62. The lowest BCUT2D eigenvalue weighted by atomic mass is 10.1. The molecule has 1 saturated carbocycles. The molecule has 0 heterocycles. The Hall–Kier alpha value is -2.16. The SMILES string of the molecule is C#CC(OC(=O)C1C(C=C(F)C(=O)OC(C)C)C1(C)C)C(F)=CCC. The fourth-order valence-electron chi connectivity index (χ4n) is 2.60. The Kier molecular flexibility index (Phi) is 6.92. The van der Waals surface area contributed by atoms with Crippen molar-refractivity contribution in [2.45, 2.75) is 53.2 Å². The molecule has 0 radical (unpaired) electrons. The van der Waals surface area contributed by atoms with Gasteiger partial charge < -0.3 is 9.47 Å². The molecule has 3 unspecified atom stereocenters. The summed E-state index contributed by atoms with van der Waals surface area (Å²) in [6.07, 6.45) is 6.04.